The number of carbonyl (C=O) groups is 1. The molecule has 2 N–H and O–H groups in total. The monoisotopic (exact) mass is 315 g/mol. The number of carboxylic acid groups (broad SMARTS) is 1. The lowest BCUT2D eigenvalue weighted by atomic mass is 10.2. The van der Waals surface area contributed by atoms with Crippen molar-refractivity contribution in [2.75, 3.05) is 0 Å². The number of sulfonamides is 1. The van der Waals surface area contributed by atoms with Crippen LogP contribution in [0.1, 0.15) is 30.1 Å². The summed E-state index contributed by atoms with van der Waals surface area (Å²) < 4.78 is 26.6. The van der Waals surface area contributed by atoms with Gasteiger partial charge in [-0.05, 0) is 24.6 Å². The summed E-state index contributed by atoms with van der Waals surface area (Å²) in [6.45, 7) is 1.88. The summed E-state index contributed by atoms with van der Waals surface area (Å²) in [5, 5.41) is 8.91. The molecule has 0 heterocycles. The summed E-state index contributed by atoms with van der Waals surface area (Å²) in [5.41, 5.74) is -0.276. The summed E-state index contributed by atoms with van der Waals surface area (Å²) in [7, 11) is -3.88. The number of terminal acetylenes is 1. The molecule has 0 saturated carbocycles. The lowest BCUT2D eigenvalue weighted by Gasteiger charge is -2.13. The van der Waals surface area contributed by atoms with Gasteiger partial charge in [0.2, 0.25) is 10.0 Å². The van der Waals surface area contributed by atoms with Crippen LogP contribution < -0.4 is 4.72 Å². The highest BCUT2D eigenvalue weighted by molar-refractivity contribution is 7.89. The van der Waals surface area contributed by atoms with Gasteiger partial charge in [0.1, 0.15) is 0 Å². The Hall–Kier alpha value is -1.55. The highest BCUT2D eigenvalue weighted by atomic mass is 35.5. The predicted octanol–water partition coefficient (Wildman–Crippen LogP) is 2.12. The summed E-state index contributed by atoms with van der Waals surface area (Å²) in [6.07, 6.45) is 6.47. The van der Waals surface area contributed by atoms with E-state index in [0.717, 1.165) is 12.5 Å². The van der Waals surface area contributed by atoms with Crippen LogP contribution in [0.25, 0.3) is 0 Å². The quantitative estimate of drug-likeness (QED) is 0.788. The van der Waals surface area contributed by atoms with E-state index in [2.05, 4.69) is 10.6 Å². The van der Waals surface area contributed by atoms with Crippen LogP contribution in [0.2, 0.25) is 5.02 Å². The molecule has 1 aromatic rings. The summed E-state index contributed by atoms with van der Waals surface area (Å²) >= 11 is 5.70. The molecule has 1 rings (SSSR count). The van der Waals surface area contributed by atoms with E-state index in [1.807, 2.05) is 6.92 Å². The van der Waals surface area contributed by atoms with Gasteiger partial charge in [-0.2, -0.15) is 4.72 Å². The van der Waals surface area contributed by atoms with Gasteiger partial charge in [-0.3, -0.25) is 0 Å². The molecule has 108 valence electrons. The maximum atomic E-state index is 12.1. The Morgan fingerprint density at radius 3 is 2.70 bits per heavy atom. The van der Waals surface area contributed by atoms with E-state index < -0.39 is 22.0 Å². The van der Waals surface area contributed by atoms with Crippen LogP contribution >= 0.6 is 11.6 Å². The third-order valence-electron chi connectivity index (χ3n) is 2.55. The Labute approximate surface area is 123 Å². The third kappa shape index (κ3) is 3.97. The van der Waals surface area contributed by atoms with Gasteiger partial charge in [0, 0.05) is 0 Å². The Bertz CT molecular complexity index is 649. The highest BCUT2D eigenvalue weighted by Crippen LogP contribution is 2.20. The SMILES string of the molecule is C#CC(CCC)NS(=O)(=O)c1ccc(Cl)c(C(=O)O)c1. The number of halogens is 1. The number of hydrogen-bond donors (Lipinski definition) is 2. The molecule has 20 heavy (non-hydrogen) atoms. The van der Waals surface area contributed by atoms with Crippen LogP contribution in [-0.2, 0) is 10.0 Å². The predicted molar refractivity (Wildman–Crippen MR) is 76.3 cm³/mol. The van der Waals surface area contributed by atoms with Gasteiger partial charge in [-0.1, -0.05) is 30.9 Å². The summed E-state index contributed by atoms with van der Waals surface area (Å²) in [4.78, 5) is 10.8. The van der Waals surface area contributed by atoms with Gasteiger partial charge >= 0.3 is 5.97 Å². The molecule has 7 heteroatoms. The van der Waals surface area contributed by atoms with Crippen molar-refractivity contribution in [3.63, 3.8) is 0 Å². The van der Waals surface area contributed by atoms with Crippen molar-refractivity contribution < 1.29 is 18.3 Å². The van der Waals surface area contributed by atoms with Crippen molar-refractivity contribution in [2.24, 2.45) is 0 Å². The van der Waals surface area contributed by atoms with Gasteiger partial charge in [0.05, 0.1) is 21.5 Å². The van der Waals surface area contributed by atoms with Crippen molar-refractivity contribution in [2.45, 2.75) is 30.7 Å². The van der Waals surface area contributed by atoms with Crippen LogP contribution in [0.4, 0.5) is 0 Å². The average Bonchev–Trinajstić information content (AvgIpc) is 2.37. The molecule has 0 spiro atoms. The first-order valence-electron chi connectivity index (χ1n) is 5.83. The van der Waals surface area contributed by atoms with Crippen molar-refractivity contribution in [3.8, 4) is 12.3 Å². The van der Waals surface area contributed by atoms with Crippen molar-refractivity contribution in [1.29, 1.82) is 0 Å². The topological polar surface area (TPSA) is 83.5 Å². The Morgan fingerprint density at radius 2 is 2.20 bits per heavy atom. The first-order chi connectivity index (χ1) is 9.31. The van der Waals surface area contributed by atoms with Crippen LogP contribution in [0.15, 0.2) is 23.1 Å². The number of rotatable bonds is 6. The lowest BCUT2D eigenvalue weighted by molar-refractivity contribution is 0.0697. The van der Waals surface area contributed by atoms with E-state index in [1.54, 1.807) is 0 Å². The first kappa shape index (κ1) is 16.5. The molecule has 0 fully saturated rings. The van der Waals surface area contributed by atoms with Crippen LogP contribution in [0.5, 0.6) is 0 Å². The fourth-order valence-electron chi connectivity index (χ4n) is 1.56. The van der Waals surface area contributed by atoms with E-state index in [-0.39, 0.29) is 15.5 Å². The van der Waals surface area contributed by atoms with E-state index in [0.29, 0.717) is 6.42 Å². The second-order valence-corrected chi connectivity index (χ2v) is 6.20. The molecule has 1 aromatic carbocycles. The number of aromatic carboxylic acids is 1. The molecule has 0 amide bonds. The maximum absolute atomic E-state index is 12.1. The second kappa shape index (κ2) is 6.75. The number of carboxylic acids is 1. The van der Waals surface area contributed by atoms with Crippen LogP contribution in [-0.4, -0.2) is 25.5 Å². The molecule has 0 aliphatic heterocycles. The lowest BCUT2D eigenvalue weighted by Crippen LogP contribution is -2.33. The van der Waals surface area contributed by atoms with Gasteiger partial charge in [-0.25, -0.2) is 13.2 Å². The van der Waals surface area contributed by atoms with Gasteiger partial charge in [0.15, 0.2) is 0 Å². The number of benzene rings is 1. The van der Waals surface area contributed by atoms with Gasteiger partial charge < -0.3 is 5.11 Å². The Balaban J connectivity index is 3.13. The molecule has 0 aliphatic carbocycles. The normalized spacial score (nSPS) is 12.7. The first-order valence-corrected chi connectivity index (χ1v) is 7.69. The van der Waals surface area contributed by atoms with Crippen molar-refractivity contribution >= 4 is 27.6 Å². The van der Waals surface area contributed by atoms with Crippen molar-refractivity contribution in [3.05, 3.63) is 28.8 Å². The number of nitrogens with one attached hydrogen (secondary N) is 1. The fraction of sp³-hybridized carbons (Fsp3) is 0.308. The fourth-order valence-corrected chi connectivity index (χ4v) is 2.97. The Kier molecular flexibility index (Phi) is 5.57. The molecule has 0 aliphatic rings. The minimum atomic E-state index is -3.88. The molecule has 0 saturated heterocycles. The smallest absolute Gasteiger partial charge is 0.337 e. The zero-order chi connectivity index (χ0) is 15.3. The molecular weight excluding hydrogens is 302 g/mol. The van der Waals surface area contributed by atoms with Crippen LogP contribution in [0.3, 0.4) is 0 Å². The molecule has 0 bridgehead atoms. The Morgan fingerprint density at radius 1 is 1.55 bits per heavy atom. The molecule has 1 unspecified atom stereocenters. The van der Waals surface area contributed by atoms with E-state index in [1.165, 1.54) is 12.1 Å². The molecular formula is C13H14ClNO4S. The number of hydrogen-bond acceptors (Lipinski definition) is 3. The summed E-state index contributed by atoms with van der Waals surface area (Å²) in [6, 6.07) is 2.84. The highest BCUT2D eigenvalue weighted by Gasteiger charge is 2.21. The minimum Gasteiger partial charge on any atom is -0.478 e. The molecule has 1 atom stereocenters. The zero-order valence-corrected chi connectivity index (χ0v) is 12.3. The molecule has 0 radical (unpaired) electrons. The van der Waals surface area contributed by atoms with Crippen molar-refractivity contribution in [1.82, 2.24) is 4.72 Å². The van der Waals surface area contributed by atoms with Gasteiger partial charge in [-0.15, -0.1) is 6.42 Å². The maximum Gasteiger partial charge on any atom is 0.337 e. The largest absolute Gasteiger partial charge is 0.478 e. The second-order valence-electron chi connectivity index (χ2n) is 4.08. The summed E-state index contributed by atoms with van der Waals surface area (Å²) in [5.74, 6) is 1.05. The van der Waals surface area contributed by atoms with E-state index in [4.69, 9.17) is 23.1 Å². The molecule has 5 nitrogen and oxygen atoms in total. The zero-order valence-electron chi connectivity index (χ0n) is 10.8. The van der Waals surface area contributed by atoms with Gasteiger partial charge in [0.25, 0.3) is 0 Å². The van der Waals surface area contributed by atoms with E-state index >= 15 is 0 Å². The third-order valence-corrected chi connectivity index (χ3v) is 4.35. The van der Waals surface area contributed by atoms with Crippen LogP contribution in [0, 0.1) is 12.3 Å². The minimum absolute atomic E-state index is 0.0292. The van der Waals surface area contributed by atoms with E-state index in [9.17, 15) is 13.2 Å². The molecule has 0 aromatic heterocycles. The average molecular weight is 316 g/mol. The standard InChI is InChI=1S/C13H14ClNO4S/c1-3-5-9(4-2)15-20(18,19)10-6-7-12(14)11(8-10)13(16)17/h2,6-9,15H,3,5H2,1H3,(H,16,17).